The number of nitrogen functional groups attached to an aromatic ring is 1. The summed E-state index contributed by atoms with van der Waals surface area (Å²) in [5.74, 6) is -0.834. The Hall–Kier alpha value is -1.18. The molecule has 0 bridgehead atoms. The molecule has 0 aliphatic carbocycles. The lowest BCUT2D eigenvalue weighted by Gasteiger charge is -2.35. The lowest BCUT2D eigenvalue weighted by molar-refractivity contribution is 0.00934. The van der Waals surface area contributed by atoms with E-state index in [0.717, 1.165) is 16.4 Å². The summed E-state index contributed by atoms with van der Waals surface area (Å²) >= 11 is 0. The zero-order valence-electron chi connectivity index (χ0n) is 10.6. The van der Waals surface area contributed by atoms with Crippen molar-refractivity contribution in [1.29, 1.82) is 0 Å². The number of nitrogens with zero attached hydrogens (tertiary/aromatic N) is 1. The fraction of sp³-hybridized carbons (Fsp3) is 0.500. The average Bonchev–Trinajstić information content (AvgIpc) is 2.31. The molecular weight excluding hydrogens is 271 g/mol. The minimum absolute atomic E-state index is 0.0381. The highest BCUT2D eigenvalue weighted by Crippen LogP contribution is 2.28. The second-order valence-electron chi connectivity index (χ2n) is 5.13. The van der Waals surface area contributed by atoms with E-state index in [1.807, 2.05) is 0 Å². The third kappa shape index (κ3) is 2.88. The lowest BCUT2D eigenvalue weighted by atomic mass is 9.97. The standard InChI is InChI=1S/C12H17FN2O3S/c1-12(16)5-2-6-15(8-12)19(17,18)11-7-9(14)3-4-10(11)13/h3-4,7,16H,2,5-6,8,14H2,1H3. The van der Waals surface area contributed by atoms with Gasteiger partial charge in [-0.15, -0.1) is 0 Å². The van der Waals surface area contributed by atoms with E-state index in [9.17, 15) is 17.9 Å². The van der Waals surface area contributed by atoms with Crippen LogP contribution in [0.1, 0.15) is 19.8 Å². The molecule has 0 amide bonds. The van der Waals surface area contributed by atoms with E-state index >= 15 is 0 Å². The summed E-state index contributed by atoms with van der Waals surface area (Å²) in [6, 6.07) is 3.44. The normalized spacial score (nSPS) is 25.4. The van der Waals surface area contributed by atoms with Crippen molar-refractivity contribution in [2.24, 2.45) is 0 Å². The predicted molar refractivity (Wildman–Crippen MR) is 69.4 cm³/mol. The van der Waals surface area contributed by atoms with E-state index in [1.165, 1.54) is 6.07 Å². The lowest BCUT2D eigenvalue weighted by Crippen LogP contribution is -2.48. The number of nitrogens with two attached hydrogens (primary N) is 1. The molecule has 0 radical (unpaired) electrons. The van der Waals surface area contributed by atoms with Gasteiger partial charge in [-0.1, -0.05) is 0 Å². The highest BCUT2D eigenvalue weighted by molar-refractivity contribution is 7.89. The van der Waals surface area contributed by atoms with Crippen LogP contribution in [0.2, 0.25) is 0 Å². The minimum atomic E-state index is -3.97. The first-order valence-corrected chi connectivity index (χ1v) is 7.44. The summed E-state index contributed by atoms with van der Waals surface area (Å²) in [7, 11) is -3.97. The average molecular weight is 288 g/mol. The molecule has 1 aromatic rings. The van der Waals surface area contributed by atoms with Gasteiger partial charge < -0.3 is 10.8 Å². The second kappa shape index (κ2) is 4.73. The van der Waals surface area contributed by atoms with Gasteiger partial charge in [0.05, 0.1) is 5.60 Å². The van der Waals surface area contributed by atoms with Crippen LogP contribution in [-0.2, 0) is 10.0 Å². The number of rotatable bonds is 2. The van der Waals surface area contributed by atoms with E-state index in [-0.39, 0.29) is 18.8 Å². The molecule has 1 fully saturated rings. The van der Waals surface area contributed by atoms with Gasteiger partial charge in [-0.25, -0.2) is 12.8 Å². The molecule has 1 atom stereocenters. The number of anilines is 1. The van der Waals surface area contributed by atoms with Crippen molar-refractivity contribution >= 4 is 15.7 Å². The molecule has 7 heteroatoms. The highest BCUT2D eigenvalue weighted by atomic mass is 32.2. The first-order valence-electron chi connectivity index (χ1n) is 6.00. The van der Waals surface area contributed by atoms with Crippen molar-refractivity contribution in [3.8, 4) is 0 Å². The molecule has 106 valence electrons. The maximum atomic E-state index is 13.7. The molecule has 1 aromatic carbocycles. The van der Waals surface area contributed by atoms with Gasteiger partial charge in [-0.05, 0) is 38.0 Å². The molecule has 0 saturated carbocycles. The van der Waals surface area contributed by atoms with Crippen LogP contribution in [0.5, 0.6) is 0 Å². The third-order valence-corrected chi connectivity index (χ3v) is 5.07. The van der Waals surface area contributed by atoms with Crippen molar-refractivity contribution in [3.05, 3.63) is 24.0 Å². The first-order chi connectivity index (χ1) is 8.72. The second-order valence-corrected chi connectivity index (χ2v) is 7.04. The van der Waals surface area contributed by atoms with Gasteiger partial charge in [-0.3, -0.25) is 0 Å². The van der Waals surface area contributed by atoms with Crippen molar-refractivity contribution in [2.45, 2.75) is 30.3 Å². The number of hydrogen-bond donors (Lipinski definition) is 2. The molecule has 2 rings (SSSR count). The minimum Gasteiger partial charge on any atom is -0.399 e. The van der Waals surface area contributed by atoms with Crippen LogP contribution < -0.4 is 5.73 Å². The van der Waals surface area contributed by atoms with Crippen LogP contribution in [0.4, 0.5) is 10.1 Å². The molecule has 0 spiro atoms. The largest absolute Gasteiger partial charge is 0.399 e. The van der Waals surface area contributed by atoms with Crippen LogP contribution in [-0.4, -0.2) is 36.5 Å². The van der Waals surface area contributed by atoms with Crippen LogP contribution in [0.15, 0.2) is 23.1 Å². The Morgan fingerprint density at radius 2 is 2.16 bits per heavy atom. The summed E-state index contributed by atoms with van der Waals surface area (Å²) in [6.45, 7) is 1.81. The fourth-order valence-corrected chi connectivity index (χ4v) is 3.93. The number of piperidine rings is 1. The molecule has 1 aliphatic heterocycles. The third-order valence-electron chi connectivity index (χ3n) is 3.21. The zero-order chi connectivity index (χ0) is 14.3. The number of halogens is 1. The molecule has 1 saturated heterocycles. The Bertz CT molecular complexity index is 587. The van der Waals surface area contributed by atoms with Gasteiger partial charge in [0, 0.05) is 18.8 Å². The Balaban J connectivity index is 2.39. The topological polar surface area (TPSA) is 83.6 Å². The van der Waals surface area contributed by atoms with Gasteiger partial charge in [0.25, 0.3) is 0 Å². The molecule has 1 aliphatic rings. The van der Waals surface area contributed by atoms with Crippen molar-refractivity contribution in [3.63, 3.8) is 0 Å². The predicted octanol–water partition coefficient (Wildman–Crippen LogP) is 0.943. The molecule has 1 unspecified atom stereocenters. The molecule has 19 heavy (non-hydrogen) atoms. The highest BCUT2D eigenvalue weighted by Gasteiger charge is 2.36. The summed E-state index contributed by atoms with van der Waals surface area (Å²) in [5, 5.41) is 9.95. The number of β-amino-alcohol motifs (C(OH)–C–C–N with tert-alkyl or cyclic N) is 1. The maximum absolute atomic E-state index is 13.7. The first kappa shape index (κ1) is 14.2. The van der Waals surface area contributed by atoms with E-state index in [2.05, 4.69) is 0 Å². The van der Waals surface area contributed by atoms with Gasteiger partial charge in [0.15, 0.2) is 0 Å². The monoisotopic (exact) mass is 288 g/mol. The van der Waals surface area contributed by atoms with Crippen molar-refractivity contribution in [2.75, 3.05) is 18.8 Å². The summed E-state index contributed by atoms with van der Waals surface area (Å²) < 4.78 is 39.5. The van der Waals surface area contributed by atoms with Gasteiger partial charge in [-0.2, -0.15) is 4.31 Å². The SMILES string of the molecule is CC1(O)CCCN(S(=O)(=O)c2cc(N)ccc2F)C1. The van der Waals surface area contributed by atoms with Crippen LogP contribution in [0.3, 0.4) is 0 Å². The van der Waals surface area contributed by atoms with Crippen molar-refractivity contribution in [1.82, 2.24) is 4.31 Å². The quantitative estimate of drug-likeness (QED) is 0.793. The fourth-order valence-electron chi connectivity index (χ4n) is 2.24. The summed E-state index contributed by atoms with van der Waals surface area (Å²) in [6.07, 6.45) is 1.06. The molecule has 5 nitrogen and oxygen atoms in total. The Morgan fingerprint density at radius 1 is 1.47 bits per heavy atom. The van der Waals surface area contributed by atoms with E-state index in [0.29, 0.717) is 12.8 Å². The number of hydrogen-bond acceptors (Lipinski definition) is 4. The van der Waals surface area contributed by atoms with E-state index in [1.54, 1.807) is 6.92 Å². The smallest absolute Gasteiger partial charge is 0.246 e. The van der Waals surface area contributed by atoms with E-state index < -0.39 is 26.3 Å². The van der Waals surface area contributed by atoms with Gasteiger partial charge in [0.1, 0.15) is 10.7 Å². The summed E-state index contributed by atoms with van der Waals surface area (Å²) in [5.41, 5.74) is 4.61. The Kier molecular flexibility index (Phi) is 3.55. The zero-order valence-corrected chi connectivity index (χ0v) is 11.5. The van der Waals surface area contributed by atoms with Crippen LogP contribution in [0.25, 0.3) is 0 Å². The van der Waals surface area contributed by atoms with Crippen LogP contribution >= 0.6 is 0 Å². The van der Waals surface area contributed by atoms with Gasteiger partial charge in [0.2, 0.25) is 10.0 Å². The maximum Gasteiger partial charge on any atom is 0.246 e. The Labute approximate surface area is 111 Å². The number of benzene rings is 1. The van der Waals surface area contributed by atoms with Crippen LogP contribution in [0, 0.1) is 5.82 Å². The number of aliphatic hydroxyl groups is 1. The van der Waals surface area contributed by atoms with Crippen molar-refractivity contribution < 1.29 is 17.9 Å². The molecule has 1 heterocycles. The molecule has 3 N–H and O–H groups in total. The summed E-state index contributed by atoms with van der Waals surface area (Å²) in [4.78, 5) is -0.440. The van der Waals surface area contributed by atoms with Gasteiger partial charge >= 0.3 is 0 Å². The number of sulfonamides is 1. The van der Waals surface area contributed by atoms with E-state index in [4.69, 9.17) is 5.73 Å². The Morgan fingerprint density at radius 3 is 2.79 bits per heavy atom. The molecule has 0 aromatic heterocycles. The molecular formula is C12H17FN2O3S.